The van der Waals surface area contributed by atoms with Gasteiger partial charge in [0, 0.05) is 21.3 Å². The first-order valence-electron chi connectivity index (χ1n) is 5.64. The smallest absolute Gasteiger partial charge is 0.178 e. The molecule has 3 aromatic rings. The Morgan fingerprint density at radius 1 is 1.28 bits per heavy atom. The highest BCUT2D eigenvalue weighted by atomic mass is 32.1. The first-order chi connectivity index (χ1) is 8.72. The quantitative estimate of drug-likeness (QED) is 0.673. The van der Waals surface area contributed by atoms with Crippen molar-refractivity contribution in [3.8, 4) is 0 Å². The minimum Gasteiger partial charge on any atom is -0.293 e. The summed E-state index contributed by atoms with van der Waals surface area (Å²) in [5.41, 5.74) is 1.95. The topological polar surface area (TPSA) is 30.0 Å². The third-order valence-corrected chi connectivity index (χ3v) is 4.86. The molecular weight excluding hydrogens is 262 g/mol. The molecule has 3 aromatic heterocycles. The first kappa shape index (κ1) is 11.6. The normalized spacial score (nSPS) is 10.9. The molecule has 0 N–H and O–H groups in total. The van der Waals surface area contributed by atoms with E-state index in [4.69, 9.17) is 0 Å². The molecule has 3 rings (SSSR count). The second kappa shape index (κ2) is 4.63. The van der Waals surface area contributed by atoms with Crippen molar-refractivity contribution < 1.29 is 4.79 Å². The Hall–Kier alpha value is -1.52. The third kappa shape index (κ3) is 2.21. The summed E-state index contributed by atoms with van der Waals surface area (Å²) < 4.78 is 2.39. The van der Waals surface area contributed by atoms with Crippen LogP contribution in [-0.2, 0) is 6.42 Å². The van der Waals surface area contributed by atoms with E-state index in [1.54, 1.807) is 28.9 Å². The van der Waals surface area contributed by atoms with Gasteiger partial charge in [-0.2, -0.15) is 0 Å². The van der Waals surface area contributed by atoms with Crippen molar-refractivity contribution in [1.82, 2.24) is 4.98 Å². The second-order valence-corrected chi connectivity index (χ2v) is 6.22. The number of nitrogens with zero attached hydrogens (tertiary/aromatic N) is 1. The highest BCUT2D eigenvalue weighted by Crippen LogP contribution is 2.30. The van der Waals surface area contributed by atoms with Gasteiger partial charge in [0.2, 0.25) is 0 Å². The number of Topliss-reactive ketones (excluding diaryl/α,β-unsaturated/α-hetero) is 1. The van der Waals surface area contributed by atoms with Crippen LogP contribution in [0.15, 0.2) is 35.8 Å². The SMILES string of the molecule is Cc1ccc(CC(=O)c2cc3sccc3s2)nc1. The Morgan fingerprint density at radius 2 is 2.17 bits per heavy atom. The first-order valence-corrected chi connectivity index (χ1v) is 7.34. The van der Waals surface area contributed by atoms with Gasteiger partial charge in [0.25, 0.3) is 0 Å². The minimum atomic E-state index is 0.153. The van der Waals surface area contributed by atoms with E-state index in [2.05, 4.69) is 16.4 Å². The molecule has 0 saturated carbocycles. The van der Waals surface area contributed by atoms with Gasteiger partial charge in [-0.1, -0.05) is 6.07 Å². The summed E-state index contributed by atoms with van der Waals surface area (Å²) in [5, 5.41) is 2.05. The number of fused-ring (bicyclic) bond motifs is 1. The molecule has 0 aliphatic heterocycles. The van der Waals surface area contributed by atoms with Crippen molar-refractivity contribution in [3.63, 3.8) is 0 Å². The van der Waals surface area contributed by atoms with Crippen LogP contribution in [0.2, 0.25) is 0 Å². The van der Waals surface area contributed by atoms with E-state index in [1.807, 2.05) is 25.1 Å². The molecule has 0 radical (unpaired) electrons. The highest BCUT2D eigenvalue weighted by Gasteiger charge is 2.12. The summed E-state index contributed by atoms with van der Waals surface area (Å²) >= 11 is 3.24. The lowest BCUT2D eigenvalue weighted by Crippen LogP contribution is -2.02. The number of carbonyl (C=O) groups excluding carboxylic acids is 1. The van der Waals surface area contributed by atoms with Crippen LogP contribution >= 0.6 is 22.7 Å². The molecular formula is C14H11NOS2. The molecule has 0 fully saturated rings. The lowest BCUT2D eigenvalue weighted by molar-refractivity contribution is 0.0996. The highest BCUT2D eigenvalue weighted by molar-refractivity contribution is 7.27. The van der Waals surface area contributed by atoms with E-state index in [9.17, 15) is 4.79 Å². The van der Waals surface area contributed by atoms with Gasteiger partial charge in [0.05, 0.1) is 11.3 Å². The summed E-state index contributed by atoms with van der Waals surface area (Å²) in [6, 6.07) is 7.96. The van der Waals surface area contributed by atoms with E-state index >= 15 is 0 Å². The van der Waals surface area contributed by atoms with E-state index in [-0.39, 0.29) is 5.78 Å². The fraction of sp³-hybridized carbons (Fsp3) is 0.143. The van der Waals surface area contributed by atoms with Gasteiger partial charge in [0.15, 0.2) is 5.78 Å². The molecule has 4 heteroatoms. The van der Waals surface area contributed by atoms with Gasteiger partial charge in [-0.3, -0.25) is 9.78 Å². The van der Waals surface area contributed by atoms with Crippen LogP contribution < -0.4 is 0 Å². The predicted octanol–water partition coefficient (Wildman–Crippen LogP) is 4.09. The average Bonchev–Trinajstić information content (AvgIpc) is 2.92. The largest absolute Gasteiger partial charge is 0.293 e. The fourth-order valence-corrected chi connectivity index (χ4v) is 3.80. The molecule has 2 nitrogen and oxygen atoms in total. The van der Waals surface area contributed by atoms with Crippen molar-refractivity contribution in [2.24, 2.45) is 0 Å². The number of rotatable bonds is 3. The fourth-order valence-electron chi connectivity index (χ4n) is 1.76. The molecule has 18 heavy (non-hydrogen) atoms. The summed E-state index contributed by atoms with van der Waals surface area (Å²) in [7, 11) is 0. The Labute approximate surface area is 113 Å². The maximum atomic E-state index is 12.1. The zero-order valence-corrected chi connectivity index (χ0v) is 11.5. The Morgan fingerprint density at radius 3 is 2.89 bits per heavy atom. The molecule has 0 aromatic carbocycles. The molecule has 0 atom stereocenters. The number of aromatic nitrogens is 1. The maximum absolute atomic E-state index is 12.1. The van der Waals surface area contributed by atoms with Crippen LogP contribution in [0.1, 0.15) is 20.9 Å². The third-order valence-electron chi connectivity index (χ3n) is 2.73. The van der Waals surface area contributed by atoms with E-state index in [0.717, 1.165) is 16.1 Å². The molecule has 0 bridgehead atoms. The molecule has 0 aliphatic rings. The number of pyridine rings is 1. The second-order valence-electron chi connectivity index (χ2n) is 4.19. The van der Waals surface area contributed by atoms with Crippen molar-refractivity contribution >= 4 is 37.9 Å². The van der Waals surface area contributed by atoms with Gasteiger partial charge in [0.1, 0.15) is 0 Å². The molecule has 0 aliphatic carbocycles. The molecule has 0 saturated heterocycles. The number of aryl methyl sites for hydroxylation is 1. The standard InChI is InChI=1S/C14H11NOS2/c1-9-2-3-10(15-8-9)6-11(16)13-7-14-12(18-13)4-5-17-14/h2-5,7-8H,6H2,1H3. The van der Waals surface area contributed by atoms with Gasteiger partial charge in [-0.05, 0) is 36.1 Å². The Kier molecular flexibility index (Phi) is 2.97. The van der Waals surface area contributed by atoms with E-state index in [0.29, 0.717) is 6.42 Å². The number of ketones is 1. The summed E-state index contributed by atoms with van der Waals surface area (Å²) in [6.45, 7) is 1.99. The monoisotopic (exact) mass is 273 g/mol. The van der Waals surface area contributed by atoms with E-state index < -0.39 is 0 Å². The number of carbonyl (C=O) groups is 1. The van der Waals surface area contributed by atoms with E-state index in [1.165, 1.54) is 9.40 Å². The molecule has 0 amide bonds. The van der Waals surface area contributed by atoms with Crippen LogP contribution in [0.3, 0.4) is 0 Å². The number of hydrogen-bond donors (Lipinski definition) is 0. The van der Waals surface area contributed by atoms with Crippen molar-refractivity contribution in [1.29, 1.82) is 0 Å². The number of thiophene rings is 2. The van der Waals surface area contributed by atoms with Gasteiger partial charge >= 0.3 is 0 Å². The molecule has 0 spiro atoms. The number of hydrogen-bond acceptors (Lipinski definition) is 4. The van der Waals surface area contributed by atoms with Crippen LogP contribution in [0.5, 0.6) is 0 Å². The lowest BCUT2D eigenvalue weighted by atomic mass is 10.1. The van der Waals surface area contributed by atoms with Gasteiger partial charge in [-0.15, -0.1) is 22.7 Å². The predicted molar refractivity (Wildman–Crippen MR) is 76.7 cm³/mol. The lowest BCUT2D eigenvalue weighted by Gasteiger charge is -1.98. The van der Waals surface area contributed by atoms with Crippen LogP contribution in [0.25, 0.3) is 9.40 Å². The molecule has 90 valence electrons. The van der Waals surface area contributed by atoms with Crippen LogP contribution in [0, 0.1) is 6.92 Å². The average molecular weight is 273 g/mol. The summed E-state index contributed by atoms with van der Waals surface area (Å²) in [5.74, 6) is 0.153. The minimum absolute atomic E-state index is 0.153. The van der Waals surface area contributed by atoms with Crippen molar-refractivity contribution in [2.45, 2.75) is 13.3 Å². The Balaban J connectivity index is 1.82. The van der Waals surface area contributed by atoms with Gasteiger partial charge in [-0.25, -0.2) is 0 Å². The molecule has 3 heterocycles. The summed E-state index contributed by atoms with van der Waals surface area (Å²) in [4.78, 5) is 17.2. The van der Waals surface area contributed by atoms with Crippen molar-refractivity contribution in [2.75, 3.05) is 0 Å². The maximum Gasteiger partial charge on any atom is 0.178 e. The van der Waals surface area contributed by atoms with Crippen molar-refractivity contribution in [3.05, 3.63) is 52.0 Å². The van der Waals surface area contributed by atoms with Crippen LogP contribution in [-0.4, -0.2) is 10.8 Å². The zero-order valence-electron chi connectivity index (χ0n) is 9.84. The summed E-state index contributed by atoms with van der Waals surface area (Å²) in [6.07, 6.45) is 2.18. The zero-order chi connectivity index (χ0) is 12.5. The van der Waals surface area contributed by atoms with Crippen LogP contribution in [0.4, 0.5) is 0 Å². The molecule has 0 unspecified atom stereocenters. The van der Waals surface area contributed by atoms with Gasteiger partial charge < -0.3 is 0 Å². The Bertz CT molecular complexity index is 665.